The maximum Gasteiger partial charge on any atom is 0.224 e. The van der Waals surface area contributed by atoms with Crippen LogP contribution in [0.2, 0.25) is 0 Å². The number of hydrogen-bond donors (Lipinski definition) is 2. The van der Waals surface area contributed by atoms with E-state index < -0.39 is 0 Å². The van der Waals surface area contributed by atoms with Crippen molar-refractivity contribution >= 4 is 17.2 Å². The maximum atomic E-state index is 12.8. The molecule has 4 nitrogen and oxygen atoms in total. The summed E-state index contributed by atoms with van der Waals surface area (Å²) in [6, 6.07) is 14.1. The minimum atomic E-state index is -0.290. The lowest BCUT2D eigenvalue weighted by atomic mass is 9.94. The summed E-state index contributed by atoms with van der Waals surface area (Å²) >= 11 is 1.77. The molecule has 1 aromatic heterocycles. The van der Waals surface area contributed by atoms with Crippen LogP contribution in [0.25, 0.3) is 0 Å². The smallest absolute Gasteiger partial charge is 0.224 e. The van der Waals surface area contributed by atoms with Crippen LogP contribution < -0.4 is 11.1 Å². The Morgan fingerprint density at radius 3 is 2.56 bits per heavy atom. The van der Waals surface area contributed by atoms with Gasteiger partial charge in [0.1, 0.15) is 0 Å². The summed E-state index contributed by atoms with van der Waals surface area (Å²) in [7, 11) is 0. The van der Waals surface area contributed by atoms with Crippen molar-refractivity contribution in [1.82, 2.24) is 10.2 Å². The van der Waals surface area contributed by atoms with E-state index >= 15 is 0 Å². The SMILES string of the molecule is CC1CCN(C(CNC(=O)C(C)C(N)c2ccccc2)c2cccs2)CC1. The zero-order chi connectivity index (χ0) is 19.2. The highest BCUT2D eigenvalue weighted by Gasteiger charge is 2.27. The molecule has 0 aliphatic carbocycles. The van der Waals surface area contributed by atoms with E-state index in [4.69, 9.17) is 5.73 Å². The minimum absolute atomic E-state index is 0.0262. The number of likely N-dealkylation sites (tertiary alicyclic amines) is 1. The molecule has 1 saturated heterocycles. The van der Waals surface area contributed by atoms with Gasteiger partial charge in [0.05, 0.1) is 12.0 Å². The second-order valence-corrected chi connectivity index (χ2v) is 8.70. The minimum Gasteiger partial charge on any atom is -0.354 e. The summed E-state index contributed by atoms with van der Waals surface area (Å²) in [5, 5.41) is 5.29. The standard InChI is InChI=1S/C22H31N3OS/c1-16-10-12-25(13-11-16)19(20-9-6-14-27-20)15-24-22(26)17(2)21(23)18-7-4-3-5-8-18/h3-9,14,16-17,19,21H,10-13,15,23H2,1-2H3,(H,24,26). The lowest BCUT2D eigenvalue weighted by Crippen LogP contribution is -2.43. The average Bonchev–Trinajstić information content (AvgIpc) is 3.23. The summed E-state index contributed by atoms with van der Waals surface area (Å²) in [4.78, 5) is 16.6. The Kier molecular flexibility index (Phi) is 7.05. The molecule has 1 aliphatic heterocycles. The van der Waals surface area contributed by atoms with Gasteiger partial charge in [-0.15, -0.1) is 11.3 Å². The van der Waals surface area contributed by atoms with Gasteiger partial charge in [-0.3, -0.25) is 9.69 Å². The van der Waals surface area contributed by atoms with Gasteiger partial charge < -0.3 is 11.1 Å². The molecule has 0 saturated carbocycles. The Morgan fingerprint density at radius 2 is 1.93 bits per heavy atom. The van der Waals surface area contributed by atoms with E-state index in [-0.39, 0.29) is 23.9 Å². The van der Waals surface area contributed by atoms with Gasteiger partial charge in [-0.1, -0.05) is 50.2 Å². The Balaban J connectivity index is 1.62. The van der Waals surface area contributed by atoms with Crippen LogP contribution in [0.3, 0.4) is 0 Å². The number of nitrogens with one attached hydrogen (secondary N) is 1. The molecule has 0 spiro atoms. The van der Waals surface area contributed by atoms with Crippen molar-refractivity contribution in [3.63, 3.8) is 0 Å². The number of piperidine rings is 1. The molecule has 27 heavy (non-hydrogen) atoms. The molecule has 1 fully saturated rings. The van der Waals surface area contributed by atoms with Gasteiger partial charge in [0.25, 0.3) is 0 Å². The van der Waals surface area contributed by atoms with Crippen molar-refractivity contribution in [2.24, 2.45) is 17.6 Å². The monoisotopic (exact) mass is 385 g/mol. The van der Waals surface area contributed by atoms with Crippen LogP contribution in [0, 0.1) is 11.8 Å². The first-order valence-electron chi connectivity index (χ1n) is 9.92. The van der Waals surface area contributed by atoms with Crippen LogP contribution in [-0.4, -0.2) is 30.4 Å². The van der Waals surface area contributed by atoms with E-state index in [1.54, 1.807) is 11.3 Å². The first-order valence-corrected chi connectivity index (χ1v) is 10.8. The molecular weight excluding hydrogens is 354 g/mol. The third-order valence-electron chi connectivity index (χ3n) is 5.74. The molecule has 3 atom stereocenters. The van der Waals surface area contributed by atoms with Crippen molar-refractivity contribution < 1.29 is 4.79 Å². The van der Waals surface area contributed by atoms with Gasteiger partial charge in [0.15, 0.2) is 0 Å². The van der Waals surface area contributed by atoms with Crippen LogP contribution in [0.5, 0.6) is 0 Å². The highest BCUT2D eigenvalue weighted by Crippen LogP contribution is 2.29. The highest BCUT2D eigenvalue weighted by atomic mass is 32.1. The second-order valence-electron chi connectivity index (χ2n) is 7.72. The van der Waals surface area contributed by atoms with Gasteiger partial charge in [0.2, 0.25) is 5.91 Å². The third kappa shape index (κ3) is 5.18. The average molecular weight is 386 g/mol. The number of carbonyl (C=O) groups excluding carboxylic acids is 1. The van der Waals surface area contributed by atoms with Gasteiger partial charge in [-0.2, -0.15) is 0 Å². The molecule has 1 amide bonds. The zero-order valence-corrected chi connectivity index (χ0v) is 17.1. The summed E-state index contributed by atoms with van der Waals surface area (Å²) < 4.78 is 0. The predicted octanol–water partition coefficient (Wildman–Crippen LogP) is 3.97. The largest absolute Gasteiger partial charge is 0.354 e. The Labute approximate surface area is 166 Å². The molecule has 3 unspecified atom stereocenters. The summed E-state index contributed by atoms with van der Waals surface area (Å²) in [6.45, 7) is 7.07. The molecule has 3 rings (SSSR count). The molecule has 5 heteroatoms. The van der Waals surface area contributed by atoms with Crippen molar-refractivity contribution in [2.75, 3.05) is 19.6 Å². The summed E-state index contributed by atoms with van der Waals surface area (Å²) in [5.41, 5.74) is 7.33. The molecule has 2 aromatic rings. The number of thiophene rings is 1. The fourth-order valence-corrected chi connectivity index (χ4v) is 4.58. The van der Waals surface area contributed by atoms with Gasteiger partial charge in [-0.25, -0.2) is 0 Å². The van der Waals surface area contributed by atoms with E-state index in [9.17, 15) is 4.79 Å². The molecular formula is C22H31N3OS. The molecule has 0 bridgehead atoms. The normalized spacial score (nSPS) is 19.4. The first-order chi connectivity index (χ1) is 13.1. The first kappa shape index (κ1) is 20.1. The van der Waals surface area contributed by atoms with Crippen molar-refractivity contribution in [3.8, 4) is 0 Å². The molecule has 3 N–H and O–H groups in total. The highest BCUT2D eigenvalue weighted by molar-refractivity contribution is 7.10. The Bertz CT molecular complexity index is 696. The Hall–Kier alpha value is -1.69. The van der Waals surface area contributed by atoms with Gasteiger partial charge >= 0.3 is 0 Å². The van der Waals surface area contributed by atoms with Gasteiger partial charge in [-0.05, 0) is 48.9 Å². The topological polar surface area (TPSA) is 58.4 Å². The summed E-state index contributed by atoms with van der Waals surface area (Å²) in [5.74, 6) is 0.555. The summed E-state index contributed by atoms with van der Waals surface area (Å²) in [6.07, 6.45) is 2.45. The molecule has 1 aromatic carbocycles. The van der Waals surface area contributed by atoms with Crippen molar-refractivity contribution in [2.45, 2.75) is 38.8 Å². The van der Waals surface area contributed by atoms with Crippen LogP contribution in [0.1, 0.15) is 49.2 Å². The van der Waals surface area contributed by atoms with Crippen molar-refractivity contribution in [1.29, 1.82) is 0 Å². The van der Waals surface area contributed by atoms with E-state index in [0.717, 1.165) is 24.6 Å². The lowest BCUT2D eigenvalue weighted by molar-refractivity contribution is -0.125. The van der Waals surface area contributed by atoms with Crippen LogP contribution >= 0.6 is 11.3 Å². The van der Waals surface area contributed by atoms with E-state index in [1.165, 1.54) is 17.7 Å². The maximum absolute atomic E-state index is 12.8. The predicted molar refractivity (Wildman–Crippen MR) is 113 cm³/mol. The Morgan fingerprint density at radius 1 is 1.22 bits per heavy atom. The third-order valence-corrected chi connectivity index (χ3v) is 6.71. The fourth-order valence-electron chi connectivity index (χ4n) is 3.72. The second kappa shape index (κ2) is 9.49. The molecule has 1 aliphatic rings. The van der Waals surface area contributed by atoms with Crippen LogP contribution in [0.4, 0.5) is 0 Å². The fraction of sp³-hybridized carbons (Fsp3) is 0.500. The number of carbonyl (C=O) groups is 1. The lowest BCUT2D eigenvalue weighted by Gasteiger charge is -2.36. The number of nitrogens with two attached hydrogens (primary N) is 1. The number of benzene rings is 1. The number of hydrogen-bond acceptors (Lipinski definition) is 4. The van der Waals surface area contributed by atoms with Gasteiger partial charge in [0, 0.05) is 17.5 Å². The number of amides is 1. The number of rotatable bonds is 7. The zero-order valence-electron chi connectivity index (χ0n) is 16.3. The van der Waals surface area contributed by atoms with E-state index in [0.29, 0.717) is 6.54 Å². The van der Waals surface area contributed by atoms with Crippen LogP contribution in [0.15, 0.2) is 47.8 Å². The van der Waals surface area contributed by atoms with E-state index in [2.05, 4.69) is 34.7 Å². The quantitative estimate of drug-likeness (QED) is 0.758. The van der Waals surface area contributed by atoms with E-state index in [1.807, 2.05) is 37.3 Å². The molecule has 2 heterocycles. The van der Waals surface area contributed by atoms with Crippen LogP contribution in [-0.2, 0) is 4.79 Å². The van der Waals surface area contributed by atoms with Crippen molar-refractivity contribution in [3.05, 3.63) is 58.3 Å². The number of nitrogens with zero attached hydrogens (tertiary/aromatic N) is 1. The molecule has 0 radical (unpaired) electrons. The molecule has 146 valence electrons.